The molecule has 0 spiro atoms. The van der Waals surface area contributed by atoms with Gasteiger partial charge in [-0.15, -0.1) is 0 Å². The average molecular weight is 540 g/mol. The molecule has 1 aliphatic rings. The molecule has 3 aromatic rings. The molecule has 0 aromatic heterocycles. The van der Waals surface area contributed by atoms with E-state index in [1.165, 1.54) is 30.3 Å². The molecule has 4 rings (SSSR count). The summed E-state index contributed by atoms with van der Waals surface area (Å²) < 4.78 is 19.3. The zero-order valence-electron chi connectivity index (χ0n) is 17.7. The lowest BCUT2D eigenvalue weighted by Crippen LogP contribution is -2.54. The van der Waals surface area contributed by atoms with Crippen molar-refractivity contribution < 1.29 is 28.4 Å². The van der Waals surface area contributed by atoms with Crippen molar-refractivity contribution in [3.8, 4) is 5.75 Å². The van der Waals surface area contributed by atoms with Gasteiger partial charge in [0.2, 0.25) is 0 Å². The van der Waals surface area contributed by atoms with Gasteiger partial charge in [0.05, 0.1) is 15.1 Å². The third-order valence-electron chi connectivity index (χ3n) is 4.99. The van der Waals surface area contributed by atoms with Crippen molar-refractivity contribution in [3.63, 3.8) is 0 Å². The van der Waals surface area contributed by atoms with Gasteiger partial charge in [-0.3, -0.25) is 25.0 Å². The van der Waals surface area contributed by atoms with Gasteiger partial charge in [0.15, 0.2) is 0 Å². The first-order chi connectivity index (χ1) is 16.7. The first-order valence-corrected chi connectivity index (χ1v) is 10.8. The lowest BCUT2D eigenvalue weighted by Gasteiger charge is -2.26. The van der Waals surface area contributed by atoms with Crippen LogP contribution < -0.4 is 15.0 Å². The number of barbiturate groups is 1. The predicted octanol–water partition coefficient (Wildman–Crippen LogP) is 4.74. The van der Waals surface area contributed by atoms with E-state index < -0.39 is 22.8 Å². The second-order valence-electron chi connectivity index (χ2n) is 7.34. The highest BCUT2D eigenvalue weighted by molar-refractivity contribution is 9.10. The van der Waals surface area contributed by atoms with Gasteiger partial charge in [-0.05, 0) is 69.5 Å². The highest BCUT2D eigenvalue weighted by Gasteiger charge is 2.37. The minimum atomic E-state index is -0.961. The van der Waals surface area contributed by atoms with Gasteiger partial charge in [0.25, 0.3) is 17.5 Å². The summed E-state index contributed by atoms with van der Waals surface area (Å²) in [5.41, 5.74) is 0.807. The van der Waals surface area contributed by atoms with Crippen LogP contribution in [0.15, 0.2) is 76.8 Å². The molecule has 176 valence electrons. The lowest BCUT2D eigenvalue weighted by atomic mass is 10.1. The Labute approximate surface area is 206 Å². The van der Waals surface area contributed by atoms with Gasteiger partial charge in [-0.2, -0.15) is 0 Å². The Morgan fingerprint density at radius 1 is 1.03 bits per heavy atom. The number of nitro benzene ring substituents is 1. The number of nitrogens with zero attached hydrogens (tertiary/aromatic N) is 2. The van der Waals surface area contributed by atoms with E-state index >= 15 is 0 Å². The zero-order chi connectivity index (χ0) is 25.1. The fourth-order valence-electron chi connectivity index (χ4n) is 3.25. The number of hydrogen-bond donors (Lipinski definition) is 1. The van der Waals surface area contributed by atoms with Crippen LogP contribution in [0.4, 0.5) is 20.6 Å². The van der Waals surface area contributed by atoms with E-state index in [1.807, 2.05) is 0 Å². The Hall–Kier alpha value is -4.38. The Balaban J connectivity index is 1.55. The Bertz CT molecular complexity index is 1370. The molecule has 1 fully saturated rings. The maximum absolute atomic E-state index is 13.0. The number of nitro groups is 1. The zero-order valence-corrected chi connectivity index (χ0v) is 19.3. The predicted molar refractivity (Wildman–Crippen MR) is 127 cm³/mol. The molecule has 0 saturated carbocycles. The summed E-state index contributed by atoms with van der Waals surface area (Å²) in [5.74, 6) is -1.60. The molecular formula is C24H15BrFN3O6. The maximum atomic E-state index is 13.0. The van der Waals surface area contributed by atoms with Crippen molar-refractivity contribution in [2.24, 2.45) is 0 Å². The van der Waals surface area contributed by atoms with Crippen LogP contribution in [-0.2, 0) is 16.2 Å². The number of non-ortho nitro benzene ring substituents is 1. The van der Waals surface area contributed by atoms with E-state index in [1.54, 1.807) is 30.3 Å². The van der Waals surface area contributed by atoms with Crippen LogP contribution >= 0.6 is 15.9 Å². The first kappa shape index (κ1) is 23.8. The normalized spacial score (nSPS) is 14.7. The maximum Gasteiger partial charge on any atom is 0.335 e. The molecular weight excluding hydrogens is 525 g/mol. The second kappa shape index (κ2) is 9.85. The van der Waals surface area contributed by atoms with Crippen LogP contribution in [0.3, 0.4) is 0 Å². The van der Waals surface area contributed by atoms with E-state index in [0.717, 1.165) is 22.6 Å². The van der Waals surface area contributed by atoms with Crippen molar-refractivity contribution in [2.75, 3.05) is 4.90 Å². The van der Waals surface area contributed by atoms with E-state index in [0.29, 0.717) is 15.8 Å². The van der Waals surface area contributed by atoms with E-state index in [4.69, 9.17) is 4.74 Å². The standard InChI is InChI=1S/C24H15BrFN3O6/c25-20-12-15(3-10-21(20)35-13-14-1-4-16(26)5-2-14)11-19-22(30)27-24(32)28(23(19)31)17-6-8-18(9-7-17)29(33)34/h1-12H,13H2,(H,27,30,32)/b19-11+. The molecule has 4 amide bonds. The molecule has 1 heterocycles. The smallest absolute Gasteiger partial charge is 0.335 e. The van der Waals surface area contributed by atoms with E-state index in [-0.39, 0.29) is 29.4 Å². The van der Waals surface area contributed by atoms with E-state index in [2.05, 4.69) is 21.2 Å². The minimum Gasteiger partial charge on any atom is -0.488 e. The molecule has 0 radical (unpaired) electrons. The summed E-state index contributed by atoms with van der Waals surface area (Å²) >= 11 is 3.38. The molecule has 35 heavy (non-hydrogen) atoms. The average Bonchev–Trinajstić information content (AvgIpc) is 2.82. The minimum absolute atomic E-state index is 0.0715. The fourth-order valence-corrected chi connectivity index (χ4v) is 3.76. The topological polar surface area (TPSA) is 119 Å². The molecule has 0 bridgehead atoms. The summed E-state index contributed by atoms with van der Waals surface area (Å²) in [6, 6.07) is 14.6. The number of urea groups is 1. The van der Waals surface area contributed by atoms with Crippen molar-refractivity contribution >= 4 is 51.2 Å². The van der Waals surface area contributed by atoms with Crippen LogP contribution in [0.1, 0.15) is 11.1 Å². The second-order valence-corrected chi connectivity index (χ2v) is 8.19. The number of imide groups is 2. The van der Waals surface area contributed by atoms with Crippen molar-refractivity contribution in [1.29, 1.82) is 0 Å². The van der Waals surface area contributed by atoms with Crippen molar-refractivity contribution in [2.45, 2.75) is 6.61 Å². The van der Waals surface area contributed by atoms with Crippen LogP contribution in [0, 0.1) is 15.9 Å². The molecule has 11 heteroatoms. The first-order valence-electron chi connectivity index (χ1n) is 10.1. The summed E-state index contributed by atoms with van der Waals surface area (Å²) in [6.45, 7) is 0.201. The Morgan fingerprint density at radius 3 is 2.34 bits per heavy atom. The number of rotatable bonds is 6. The van der Waals surface area contributed by atoms with Crippen LogP contribution in [-0.4, -0.2) is 22.8 Å². The number of anilines is 1. The highest BCUT2D eigenvalue weighted by atomic mass is 79.9. The number of carbonyl (C=O) groups excluding carboxylic acids is 3. The molecule has 0 unspecified atom stereocenters. The fraction of sp³-hybridized carbons (Fsp3) is 0.0417. The van der Waals surface area contributed by atoms with Crippen LogP contribution in [0.25, 0.3) is 6.08 Å². The number of nitrogens with one attached hydrogen (secondary N) is 1. The summed E-state index contributed by atoms with van der Waals surface area (Å²) in [7, 11) is 0. The number of hydrogen-bond acceptors (Lipinski definition) is 6. The van der Waals surface area contributed by atoms with Gasteiger partial charge >= 0.3 is 6.03 Å². The quantitative estimate of drug-likeness (QED) is 0.209. The van der Waals surface area contributed by atoms with Crippen LogP contribution in [0.2, 0.25) is 0 Å². The summed E-state index contributed by atoms with van der Waals surface area (Å²) in [5, 5.41) is 13.0. The molecule has 1 N–H and O–H groups in total. The molecule has 0 atom stereocenters. The number of halogens is 2. The number of ether oxygens (including phenoxy) is 1. The summed E-state index contributed by atoms with van der Waals surface area (Å²) in [4.78, 5) is 48.6. The third-order valence-corrected chi connectivity index (χ3v) is 5.61. The monoisotopic (exact) mass is 539 g/mol. The van der Waals surface area contributed by atoms with Gasteiger partial charge in [-0.1, -0.05) is 18.2 Å². The lowest BCUT2D eigenvalue weighted by molar-refractivity contribution is -0.384. The third kappa shape index (κ3) is 5.25. The van der Waals surface area contributed by atoms with Crippen molar-refractivity contribution in [3.05, 3.63) is 104 Å². The number of benzene rings is 3. The molecule has 1 aliphatic heterocycles. The molecule has 9 nitrogen and oxygen atoms in total. The Morgan fingerprint density at radius 2 is 1.71 bits per heavy atom. The SMILES string of the molecule is O=C1NC(=O)N(c2ccc([N+](=O)[O-])cc2)C(=O)/C1=C/c1ccc(OCc2ccc(F)cc2)c(Br)c1. The molecule has 1 saturated heterocycles. The molecule has 0 aliphatic carbocycles. The van der Waals surface area contributed by atoms with Crippen LogP contribution in [0.5, 0.6) is 5.75 Å². The Kier molecular flexibility index (Phi) is 6.69. The molecule has 3 aromatic carbocycles. The summed E-state index contributed by atoms with van der Waals surface area (Å²) in [6.07, 6.45) is 1.32. The van der Waals surface area contributed by atoms with Crippen molar-refractivity contribution in [1.82, 2.24) is 5.32 Å². The van der Waals surface area contributed by atoms with Gasteiger partial charge in [0.1, 0.15) is 23.7 Å². The van der Waals surface area contributed by atoms with E-state index in [9.17, 15) is 28.9 Å². The number of carbonyl (C=O) groups is 3. The largest absolute Gasteiger partial charge is 0.488 e. The highest BCUT2D eigenvalue weighted by Crippen LogP contribution is 2.29. The van der Waals surface area contributed by atoms with Gasteiger partial charge in [0, 0.05) is 12.1 Å². The number of amides is 4. The van der Waals surface area contributed by atoms with Gasteiger partial charge < -0.3 is 4.74 Å². The van der Waals surface area contributed by atoms with Gasteiger partial charge in [-0.25, -0.2) is 14.1 Å².